The van der Waals surface area contributed by atoms with Gasteiger partial charge in [-0.2, -0.15) is 0 Å². The number of ketones is 1. The molecule has 0 fully saturated rings. The van der Waals surface area contributed by atoms with Crippen molar-refractivity contribution in [3.05, 3.63) is 22.7 Å². The van der Waals surface area contributed by atoms with Gasteiger partial charge in [0.05, 0.1) is 10.9 Å². The summed E-state index contributed by atoms with van der Waals surface area (Å²) in [4.78, 5) is 18.9. The zero-order valence-corrected chi connectivity index (χ0v) is 8.34. The van der Waals surface area contributed by atoms with Crippen LogP contribution in [0.4, 0.5) is 0 Å². The van der Waals surface area contributed by atoms with Crippen LogP contribution in [-0.2, 0) is 11.2 Å². The first-order chi connectivity index (χ1) is 5.72. The Kier molecular flexibility index (Phi) is 3.34. The quantitative estimate of drug-likeness (QED) is 0.793. The Balaban J connectivity index is 2.64. The summed E-state index contributed by atoms with van der Waals surface area (Å²) in [6.45, 7) is 1.83. The third-order valence-electron chi connectivity index (χ3n) is 1.42. The van der Waals surface area contributed by atoms with Crippen LogP contribution in [0.3, 0.4) is 0 Å². The van der Waals surface area contributed by atoms with Crippen molar-refractivity contribution >= 4 is 21.7 Å². The van der Waals surface area contributed by atoms with Gasteiger partial charge in [0.1, 0.15) is 11.6 Å². The van der Waals surface area contributed by atoms with Crippen LogP contribution in [0.2, 0.25) is 0 Å². The van der Waals surface area contributed by atoms with Gasteiger partial charge in [0.2, 0.25) is 0 Å². The van der Waals surface area contributed by atoms with Crippen LogP contribution in [0.15, 0.2) is 16.9 Å². The Morgan fingerprint density at radius 3 is 2.58 bits per heavy atom. The minimum Gasteiger partial charge on any atom is -0.299 e. The molecule has 0 saturated heterocycles. The lowest BCUT2D eigenvalue weighted by Crippen LogP contribution is -2.04. The number of hydrogen-bond acceptors (Lipinski definition) is 3. The molecule has 0 atom stereocenters. The SMILES string of the molecule is CCC(=O)Cc1ncc(Br)cn1. The molecule has 1 aromatic heterocycles. The molecule has 0 amide bonds. The zero-order chi connectivity index (χ0) is 8.97. The van der Waals surface area contributed by atoms with Gasteiger partial charge in [-0.05, 0) is 15.9 Å². The van der Waals surface area contributed by atoms with Gasteiger partial charge in [0.25, 0.3) is 0 Å². The van der Waals surface area contributed by atoms with Crippen LogP contribution >= 0.6 is 15.9 Å². The van der Waals surface area contributed by atoms with E-state index in [1.807, 2.05) is 6.92 Å². The molecule has 1 heterocycles. The monoisotopic (exact) mass is 228 g/mol. The first-order valence-electron chi connectivity index (χ1n) is 3.70. The average molecular weight is 229 g/mol. The van der Waals surface area contributed by atoms with Gasteiger partial charge in [-0.3, -0.25) is 4.79 Å². The molecule has 12 heavy (non-hydrogen) atoms. The smallest absolute Gasteiger partial charge is 0.140 e. The van der Waals surface area contributed by atoms with Crippen molar-refractivity contribution in [1.82, 2.24) is 9.97 Å². The zero-order valence-electron chi connectivity index (χ0n) is 6.75. The van der Waals surface area contributed by atoms with Gasteiger partial charge in [0.15, 0.2) is 0 Å². The van der Waals surface area contributed by atoms with E-state index in [0.29, 0.717) is 18.7 Å². The molecule has 0 aliphatic carbocycles. The van der Waals surface area contributed by atoms with Gasteiger partial charge in [-0.15, -0.1) is 0 Å². The fourth-order valence-corrected chi connectivity index (χ4v) is 0.936. The number of hydrogen-bond donors (Lipinski definition) is 0. The van der Waals surface area contributed by atoms with E-state index in [2.05, 4.69) is 25.9 Å². The fourth-order valence-electron chi connectivity index (χ4n) is 0.732. The minimum absolute atomic E-state index is 0.164. The highest BCUT2D eigenvalue weighted by Gasteiger charge is 2.02. The van der Waals surface area contributed by atoms with Crippen molar-refractivity contribution in [3.63, 3.8) is 0 Å². The standard InChI is InChI=1S/C8H9BrN2O/c1-2-7(12)3-8-10-4-6(9)5-11-8/h4-5H,2-3H2,1H3. The third-order valence-corrected chi connectivity index (χ3v) is 1.83. The van der Waals surface area contributed by atoms with Gasteiger partial charge in [0, 0.05) is 18.8 Å². The maximum Gasteiger partial charge on any atom is 0.140 e. The van der Waals surface area contributed by atoms with Gasteiger partial charge in [-0.1, -0.05) is 6.92 Å². The largest absolute Gasteiger partial charge is 0.299 e. The van der Waals surface area contributed by atoms with Crippen molar-refractivity contribution in [3.8, 4) is 0 Å². The Hall–Kier alpha value is -0.770. The predicted molar refractivity (Wildman–Crippen MR) is 48.7 cm³/mol. The van der Waals surface area contributed by atoms with Crippen LogP contribution in [0.5, 0.6) is 0 Å². The molecule has 0 aliphatic heterocycles. The predicted octanol–water partition coefficient (Wildman–Crippen LogP) is 1.76. The van der Waals surface area contributed by atoms with Gasteiger partial charge >= 0.3 is 0 Å². The third kappa shape index (κ3) is 2.70. The molecule has 1 aromatic rings. The molecule has 64 valence electrons. The van der Waals surface area contributed by atoms with Crippen molar-refractivity contribution in [1.29, 1.82) is 0 Å². The van der Waals surface area contributed by atoms with E-state index in [9.17, 15) is 4.79 Å². The van der Waals surface area contributed by atoms with E-state index in [-0.39, 0.29) is 5.78 Å². The van der Waals surface area contributed by atoms with E-state index in [1.54, 1.807) is 12.4 Å². The van der Waals surface area contributed by atoms with E-state index in [1.165, 1.54) is 0 Å². The molecule has 4 heteroatoms. The molecule has 0 unspecified atom stereocenters. The topological polar surface area (TPSA) is 42.9 Å². The molecule has 0 bridgehead atoms. The molecule has 0 aromatic carbocycles. The summed E-state index contributed by atoms with van der Waals surface area (Å²) >= 11 is 3.22. The number of halogens is 1. The summed E-state index contributed by atoms with van der Waals surface area (Å²) in [5.74, 6) is 0.752. The number of Topliss-reactive ketones (excluding diaryl/α,β-unsaturated/α-hetero) is 1. The van der Waals surface area contributed by atoms with E-state index < -0.39 is 0 Å². The summed E-state index contributed by atoms with van der Waals surface area (Å²) in [7, 11) is 0. The van der Waals surface area contributed by atoms with E-state index in [4.69, 9.17) is 0 Å². The molecule has 0 N–H and O–H groups in total. The van der Waals surface area contributed by atoms with Crippen molar-refractivity contribution in [2.75, 3.05) is 0 Å². The second kappa shape index (κ2) is 4.30. The Bertz CT molecular complexity index is 271. The Morgan fingerprint density at radius 2 is 2.08 bits per heavy atom. The highest BCUT2D eigenvalue weighted by molar-refractivity contribution is 9.10. The molecule has 1 rings (SSSR count). The molecule has 0 aliphatic rings. The van der Waals surface area contributed by atoms with Gasteiger partial charge < -0.3 is 0 Å². The van der Waals surface area contributed by atoms with Crippen LogP contribution in [0.1, 0.15) is 19.2 Å². The summed E-state index contributed by atoms with van der Waals surface area (Å²) in [6.07, 6.45) is 4.17. The normalized spacial score (nSPS) is 9.83. The lowest BCUT2D eigenvalue weighted by Gasteiger charge is -1.96. The second-order valence-corrected chi connectivity index (χ2v) is 3.30. The van der Waals surface area contributed by atoms with Crippen molar-refractivity contribution in [2.45, 2.75) is 19.8 Å². The number of carbonyl (C=O) groups is 1. The molecule has 0 spiro atoms. The molecule has 3 nitrogen and oxygen atoms in total. The summed E-state index contributed by atoms with van der Waals surface area (Å²) < 4.78 is 0.829. The lowest BCUT2D eigenvalue weighted by atomic mass is 10.2. The summed E-state index contributed by atoms with van der Waals surface area (Å²) in [6, 6.07) is 0. The number of nitrogens with zero attached hydrogens (tertiary/aromatic N) is 2. The van der Waals surface area contributed by atoms with Crippen LogP contribution < -0.4 is 0 Å². The Morgan fingerprint density at radius 1 is 1.50 bits per heavy atom. The van der Waals surface area contributed by atoms with Crippen molar-refractivity contribution < 1.29 is 4.79 Å². The molecule has 0 radical (unpaired) electrons. The first-order valence-corrected chi connectivity index (χ1v) is 4.49. The maximum atomic E-state index is 11.0. The van der Waals surface area contributed by atoms with Crippen LogP contribution in [0.25, 0.3) is 0 Å². The van der Waals surface area contributed by atoms with Gasteiger partial charge in [-0.25, -0.2) is 9.97 Å². The number of aromatic nitrogens is 2. The van der Waals surface area contributed by atoms with E-state index in [0.717, 1.165) is 4.47 Å². The van der Waals surface area contributed by atoms with Crippen molar-refractivity contribution in [2.24, 2.45) is 0 Å². The molecular formula is C8H9BrN2O. The lowest BCUT2D eigenvalue weighted by molar-refractivity contribution is -0.118. The summed E-state index contributed by atoms with van der Waals surface area (Å²) in [5, 5.41) is 0. The second-order valence-electron chi connectivity index (χ2n) is 2.39. The van der Waals surface area contributed by atoms with E-state index >= 15 is 0 Å². The molecular weight excluding hydrogens is 220 g/mol. The number of rotatable bonds is 3. The minimum atomic E-state index is 0.164. The Labute approximate surface area is 79.4 Å². The first kappa shape index (κ1) is 9.32. The number of carbonyl (C=O) groups excluding carboxylic acids is 1. The average Bonchev–Trinajstić information content (AvgIpc) is 2.09. The summed E-state index contributed by atoms with van der Waals surface area (Å²) in [5.41, 5.74) is 0. The highest BCUT2D eigenvalue weighted by Crippen LogP contribution is 2.04. The van der Waals surface area contributed by atoms with Crippen LogP contribution in [0, 0.1) is 0 Å². The maximum absolute atomic E-state index is 11.0. The highest BCUT2D eigenvalue weighted by atomic mass is 79.9. The molecule has 0 saturated carbocycles. The fraction of sp³-hybridized carbons (Fsp3) is 0.375. The van der Waals surface area contributed by atoms with Crippen LogP contribution in [-0.4, -0.2) is 15.8 Å².